The van der Waals surface area contributed by atoms with E-state index in [1.54, 1.807) is 6.21 Å². The Balaban J connectivity index is 2.62. The summed E-state index contributed by atoms with van der Waals surface area (Å²) in [6, 6.07) is 0. The molecule has 2 heteroatoms. The van der Waals surface area contributed by atoms with Crippen molar-refractivity contribution in [2.45, 2.75) is 19.8 Å². The van der Waals surface area contributed by atoms with Gasteiger partial charge in [0.25, 0.3) is 0 Å². The van der Waals surface area contributed by atoms with Gasteiger partial charge in [0, 0.05) is 11.9 Å². The maximum atomic E-state index is 3.92. The SMILES string of the molecule is C/C1=N/N=C\C=C/CC1. The second-order valence-electron chi connectivity index (χ2n) is 2.07. The van der Waals surface area contributed by atoms with Crippen LogP contribution in [-0.4, -0.2) is 11.9 Å². The summed E-state index contributed by atoms with van der Waals surface area (Å²) >= 11 is 0. The van der Waals surface area contributed by atoms with E-state index < -0.39 is 0 Å². The van der Waals surface area contributed by atoms with Gasteiger partial charge in [0.1, 0.15) is 0 Å². The van der Waals surface area contributed by atoms with Crippen molar-refractivity contribution in [2.75, 3.05) is 0 Å². The average molecular weight is 122 g/mol. The Morgan fingerprint density at radius 1 is 1.56 bits per heavy atom. The highest BCUT2D eigenvalue weighted by Gasteiger charge is 1.88. The topological polar surface area (TPSA) is 24.7 Å². The zero-order valence-corrected chi connectivity index (χ0v) is 5.54. The van der Waals surface area contributed by atoms with Gasteiger partial charge in [0.15, 0.2) is 0 Å². The molecule has 0 aromatic rings. The lowest BCUT2D eigenvalue weighted by Gasteiger charge is -1.94. The van der Waals surface area contributed by atoms with Crippen LogP contribution in [0.1, 0.15) is 19.8 Å². The molecule has 1 aliphatic rings. The van der Waals surface area contributed by atoms with Crippen molar-refractivity contribution >= 4 is 11.9 Å². The lowest BCUT2D eigenvalue weighted by atomic mass is 10.2. The molecular formula is C7H10N2. The van der Waals surface area contributed by atoms with E-state index in [2.05, 4.69) is 16.3 Å². The van der Waals surface area contributed by atoms with E-state index in [0.717, 1.165) is 18.6 Å². The maximum Gasteiger partial charge on any atom is 0.0492 e. The summed E-state index contributed by atoms with van der Waals surface area (Å²) < 4.78 is 0. The molecule has 0 radical (unpaired) electrons. The molecule has 2 nitrogen and oxygen atoms in total. The van der Waals surface area contributed by atoms with Crippen LogP contribution in [0.2, 0.25) is 0 Å². The molecule has 0 atom stereocenters. The molecule has 0 amide bonds. The van der Waals surface area contributed by atoms with Crippen molar-refractivity contribution in [2.24, 2.45) is 10.2 Å². The molecule has 0 spiro atoms. The van der Waals surface area contributed by atoms with Crippen molar-refractivity contribution < 1.29 is 0 Å². The molecule has 1 aliphatic heterocycles. The zero-order valence-electron chi connectivity index (χ0n) is 5.54. The van der Waals surface area contributed by atoms with Gasteiger partial charge in [-0.05, 0) is 25.8 Å². The van der Waals surface area contributed by atoms with Gasteiger partial charge < -0.3 is 0 Å². The van der Waals surface area contributed by atoms with E-state index in [-0.39, 0.29) is 0 Å². The Hall–Kier alpha value is -0.920. The van der Waals surface area contributed by atoms with Gasteiger partial charge in [-0.25, -0.2) is 0 Å². The fourth-order valence-corrected chi connectivity index (χ4v) is 0.670. The van der Waals surface area contributed by atoms with E-state index in [9.17, 15) is 0 Å². The molecule has 9 heavy (non-hydrogen) atoms. The Morgan fingerprint density at radius 2 is 2.44 bits per heavy atom. The number of rotatable bonds is 0. The second kappa shape index (κ2) is 3.17. The summed E-state index contributed by atoms with van der Waals surface area (Å²) in [5.74, 6) is 0. The quantitative estimate of drug-likeness (QED) is 0.468. The van der Waals surface area contributed by atoms with Crippen molar-refractivity contribution in [3.63, 3.8) is 0 Å². The Morgan fingerprint density at radius 3 is 3.33 bits per heavy atom. The molecule has 48 valence electrons. The molecule has 1 rings (SSSR count). The third-order valence-corrected chi connectivity index (χ3v) is 1.19. The van der Waals surface area contributed by atoms with Gasteiger partial charge in [-0.1, -0.05) is 6.08 Å². The summed E-state index contributed by atoms with van der Waals surface area (Å²) in [5, 5.41) is 7.71. The third kappa shape index (κ3) is 2.22. The van der Waals surface area contributed by atoms with Crippen LogP contribution in [0.5, 0.6) is 0 Å². The molecule has 0 aromatic heterocycles. The normalized spacial score (nSPS) is 31.4. The lowest BCUT2D eigenvalue weighted by molar-refractivity contribution is 1.06. The average Bonchev–Trinajstić information content (AvgIpc) is 1.79. The van der Waals surface area contributed by atoms with E-state index in [1.165, 1.54) is 0 Å². The molecule has 0 aromatic carbocycles. The van der Waals surface area contributed by atoms with Crippen LogP contribution < -0.4 is 0 Å². The van der Waals surface area contributed by atoms with Crippen molar-refractivity contribution in [3.8, 4) is 0 Å². The summed E-state index contributed by atoms with van der Waals surface area (Å²) in [5.41, 5.74) is 1.11. The van der Waals surface area contributed by atoms with Crippen LogP contribution >= 0.6 is 0 Å². The number of allylic oxidation sites excluding steroid dienone is 2. The largest absolute Gasteiger partial charge is 0.160 e. The third-order valence-electron chi connectivity index (χ3n) is 1.19. The monoisotopic (exact) mass is 122 g/mol. The second-order valence-corrected chi connectivity index (χ2v) is 2.07. The molecular weight excluding hydrogens is 112 g/mol. The molecule has 0 saturated carbocycles. The fraction of sp³-hybridized carbons (Fsp3) is 0.429. The fourth-order valence-electron chi connectivity index (χ4n) is 0.670. The number of hydrogen-bond donors (Lipinski definition) is 0. The van der Waals surface area contributed by atoms with Gasteiger partial charge in [0.2, 0.25) is 0 Å². The van der Waals surface area contributed by atoms with Gasteiger partial charge in [-0.2, -0.15) is 10.2 Å². The van der Waals surface area contributed by atoms with Crippen LogP contribution in [0.25, 0.3) is 0 Å². The summed E-state index contributed by atoms with van der Waals surface area (Å²) in [7, 11) is 0. The molecule has 0 N–H and O–H groups in total. The molecule has 0 fully saturated rings. The van der Waals surface area contributed by atoms with E-state index in [4.69, 9.17) is 0 Å². The van der Waals surface area contributed by atoms with Gasteiger partial charge >= 0.3 is 0 Å². The first-order valence-corrected chi connectivity index (χ1v) is 3.11. The number of hydrogen-bond acceptors (Lipinski definition) is 2. The van der Waals surface area contributed by atoms with Crippen molar-refractivity contribution in [1.29, 1.82) is 0 Å². The van der Waals surface area contributed by atoms with Crippen molar-refractivity contribution in [3.05, 3.63) is 12.2 Å². The molecule has 0 aliphatic carbocycles. The molecule has 0 unspecified atom stereocenters. The Labute approximate surface area is 55.0 Å². The predicted molar refractivity (Wildman–Crippen MR) is 40.0 cm³/mol. The first-order valence-electron chi connectivity index (χ1n) is 3.11. The minimum Gasteiger partial charge on any atom is -0.160 e. The number of nitrogens with zero attached hydrogens (tertiary/aromatic N) is 2. The maximum absolute atomic E-state index is 3.92. The van der Waals surface area contributed by atoms with Crippen LogP contribution in [-0.2, 0) is 0 Å². The van der Waals surface area contributed by atoms with Crippen LogP contribution in [0.4, 0.5) is 0 Å². The molecule has 1 heterocycles. The van der Waals surface area contributed by atoms with Gasteiger partial charge in [-0.3, -0.25) is 0 Å². The van der Waals surface area contributed by atoms with Crippen LogP contribution in [0, 0.1) is 0 Å². The highest BCUT2D eigenvalue weighted by atomic mass is 15.2. The first-order chi connectivity index (χ1) is 4.39. The smallest absolute Gasteiger partial charge is 0.0492 e. The highest BCUT2D eigenvalue weighted by Crippen LogP contribution is 1.96. The van der Waals surface area contributed by atoms with E-state index in [1.807, 2.05) is 13.0 Å². The van der Waals surface area contributed by atoms with Gasteiger partial charge in [-0.15, -0.1) is 0 Å². The summed E-state index contributed by atoms with van der Waals surface area (Å²) in [6.07, 6.45) is 7.86. The van der Waals surface area contributed by atoms with E-state index >= 15 is 0 Å². The van der Waals surface area contributed by atoms with Gasteiger partial charge in [0.05, 0.1) is 0 Å². The lowest BCUT2D eigenvalue weighted by Crippen LogP contribution is -1.89. The van der Waals surface area contributed by atoms with Crippen molar-refractivity contribution in [1.82, 2.24) is 0 Å². The standard InChI is InChI=1S/C7H10N2/c1-7-5-3-2-4-6-8-9-7/h2,4,6H,3,5H2,1H3/b4-2-,8-6-,9-7-. The van der Waals surface area contributed by atoms with Crippen LogP contribution in [0.15, 0.2) is 22.4 Å². The summed E-state index contributed by atoms with van der Waals surface area (Å²) in [4.78, 5) is 0. The molecule has 0 bridgehead atoms. The highest BCUT2D eigenvalue weighted by molar-refractivity contribution is 5.83. The predicted octanol–water partition coefficient (Wildman–Crippen LogP) is 1.78. The van der Waals surface area contributed by atoms with Crippen LogP contribution in [0.3, 0.4) is 0 Å². The minimum atomic E-state index is 1.04. The first kappa shape index (κ1) is 6.20. The zero-order chi connectivity index (χ0) is 6.53. The molecule has 0 saturated heterocycles. The Bertz CT molecular complexity index is 166. The van der Waals surface area contributed by atoms with E-state index in [0.29, 0.717) is 0 Å². The minimum absolute atomic E-state index is 1.04. The Kier molecular flexibility index (Phi) is 2.19. The summed E-state index contributed by atoms with van der Waals surface area (Å²) in [6.45, 7) is 2.00.